The third-order valence-electron chi connectivity index (χ3n) is 4.50. The zero-order chi connectivity index (χ0) is 20.1. The van der Waals surface area contributed by atoms with Crippen molar-refractivity contribution in [2.24, 2.45) is 0 Å². The molecule has 0 atom stereocenters. The Morgan fingerprint density at radius 3 is 2.36 bits per heavy atom. The Balaban J connectivity index is 1.59. The zero-order valence-corrected chi connectivity index (χ0v) is 16.5. The molecule has 0 saturated heterocycles. The smallest absolute Gasteiger partial charge is 0.338 e. The molecule has 0 fully saturated rings. The fourth-order valence-electron chi connectivity index (χ4n) is 3.18. The number of benzene rings is 2. The van der Waals surface area contributed by atoms with Gasteiger partial charge in [-0.3, -0.25) is 4.79 Å². The van der Waals surface area contributed by atoms with Crippen molar-refractivity contribution < 1.29 is 23.8 Å². The molecule has 3 rings (SSSR count). The number of hydrogen-bond acceptors (Lipinski definition) is 5. The Labute approximate surface area is 165 Å². The molecule has 2 aromatic carbocycles. The molecule has 0 saturated carbocycles. The van der Waals surface area contributed by atoms with E-state index in [-0.39, 0.29) is 12.5 Å². The van der Waals surface area contributed by atoms with Crippen molar-refractivity contribution in [3.63, 3.8) is 0 Å². The van der Waals surface area contributed by atoms with Gasteiger partial charge in [0.2, 0.25) is 0 Å². The van der Waals surface area contributed by atoms with Crippen molar-refractivity contribution in [2.75, 3.05) is 26.4 Å². The van der Waals surface area contributed by atoms with Crippen LogP contribution in [0.3, 0.4) is 0 Å². The SMILES string of the molecule is CCN(Cc1ccc2c(c1)OCCO2)C(=O)COC(=O)c1cc(C)cc(C)c1. The van der Waals surface area contributed by atoms with E-state index in [4.69, 9.17) is 14.2 Å². The highest BCUT2D eigenvalue weighted by molar-refractivity contribution is 5.91. The molecule has 1 heterocycles. The lowest BCUT2D eigenvalue weighted by Crippen LogP contribution is -2.34. The first kappa shape index (κ1) is 19.7. The van der Waals surface area contributed by atoms with Gasteiger partial charge in [-0.05, 0) is 50.6 Å². The molecular formula is C22H25NO5. The summed E-state index contributed by atoms with van der Waals surface area (Å²) in [5, 5.41) is 0. The van der Waals surface area contributed by atoms with Gasteiger partial charge in [0.25, 0.3) is 5.91 Å². The van der Waals surface area contributed by atoms with Crippen LogP contribution < -0.4 is 9.47 Å². The molecular weight excluding hydrogens is 358 g/mol. The van der Waals surface area contributed by atoms with E-state index in [0.717, 1.165) is 16.7 Å². The number of carbonyl (C=O) groups is 2. The third kappa shape index (κ3) is 4.82. The van der Waals surface area contributed by atoms with Crippen molar-refractivity contribution in [1.29, 1.82) is 0 Å². The molecule has 0 unspecified atom stereocenters. The lowest BCUT2D eigenvalue weighted by molar-refractivity contribution is -0.134. The van der Waals surface area contributed by atoms with Gasteiger partial charge in [0.05, 0.1) is 5.56 Å². The number of carbonyl (C=O) groups excluding carboxylic acids is 2. The summed E-state index contributed by atoms with van der Waals surface area (Å²) in [6.07, 6.45) is 0. The van der Waals surface area contributed by atoms with Crippen molar-refractivity contribution in [3.8, 4) is 11.5 Å². The van der Waals surface area contributed by atoms with Crippen LogP contribution in [0.5, 0.6) is 11.5 Å². The lowest BCUT2D eigenvalue weighted by atomic mass is 10.1. The molecule has 1 aliphatic heterocycles. The molecule has 148 valence electrons. The van der Waals surface area contributed by atoms with Crippen LogP contribution in [0.2, 0.25) is 0 Å². The van der Waals surface area contributed by atoms with E-state index < -0.39 is 5.97 Å². The first-order valence-electron chi connectivity index (χ1n) is 9.38. The highest BCUT2D eigenvalue weighted by Crippen LogP contribution is 2.31. The summed E-state index contributed by atoms with van der Waals surface area (Å²) in [5.41, 5.74) is 3.35. The standard InChI is InChI=1S/C22H25NO5/c1-4-23(13-17-5-6-19-20(12-17)27-8-7-26-19)21(24)14-28-22(25)18-10-15(2)9-16(3)11-18/h5-6,9-12H,4,7-8,13-14H2,1-3H3. The Bertz CT molecular complexity index is 857. The molecule has 2 aromatic rings. The maximum absolute atomic E-state index is 12.5. The number of rotatable bonds is 6. The summed E-state index contributed by atoms with van der Waals surface area (Å²) in [6.45, 7) is 7.41. The van der Waals surface area contributed by atoms with Crippen LogP contribution in [0.4, 0.5) is 0 Å². The number of esters is 1. The van der Waals surface area contributed by atoms with Crippen LogP contribution in [0.1, 0.15) is 34.0 Å². The minimum atomic E-state index is -0.490. The Kier molecular flexibility index (Phi) is 6.19. The first-order chi connectivity index (χ1) is 13.5. The average molecular weight is 383 g/mol. The number of fused-ring (bicyclic) bond motifs is 1. The molecule has 1 amide bonds. The molecule has 0 radical (unpaired) electrons. The molecule has 0 spiro atoms. The highest BCUT2D eigenvalue weighted by atomic mass is 16.6. The summed E-state index contributed by atoms with van der Waals surface area (Å²) < 4.78 is 16.3. The molecule has 0 N–H and O–H groups in total. The van der Waals surface area contributed by atoms with Crippen molar-refractivity contribution >= 4 is 11.9 Å². The summed E-state index contributed by atoms with van der Waals surface area (Å²) in [5.74, 6) is 0.672. The second kappa shape index (κ2) is 8.78. The van der Waals surface area contributed by atoms with E-state index in [2.05, 4.69) is 0 Å². The van der Waals surface area contributed by atoms with Crippen molar-refractivity contribution in [3.05, 3.63) is 58.7 Å². The van der Waals surface area contributed by atoms with Gasteiger partial charge in [-0.25, -0.2) is 4.79 Å². The summed E-state index contributed by atoms with van der Waals surface area (Å²) >= 11 is 0. The van der Waals surface area contributed by atoms with Crippen LogP contribution >= 0.6 is 0 Å². The molecule has 1 aliphatic rings. The molecule has 28 heavy (non-hydrogen) atoms. The number of hydrogen-bond donors (Lipinski definition) is 0. The topological polar surface area (TPSA) is 65.1 Å². The van der Waals surface area contributed by atoms with Crippen LogP contribution in [-0.4, -0.2) is 43.1 Å². The van der Waals surface area contributed by atoms with E-state index in [9.17, 15) is 9.59 Å². The molecule has 6 nitrogen and oxygen atoms in total. The van der Waals surface area contributed by atoms with E-state index in [1.54, 1.807) is 17.0 Å². The van der Waals surface area contributed by atoms with Gasteiger partial charge in [0, 0.05) is 13.1 Å². The summed E-state index contributed by atoms with van der Waals surface area (Å²) in [6, 6.07) is 11.1. The number of ether oxygens (including phenoxy) is 3. The van der Waals surface area contributed by atoms with Gasteiger partial charge < -0.3 is 19.1 Å². The predicted molar refractivity (Wildman–Crippen MR) is 105 cm³/mol. The maximum Gasteiger partial charge on any atom is 0.338 e. The highest BCUT2D eigenvalue weighted by Gasteiger charge is 2.18. The monoisotopic (exact) mass is 383 g/mol. The van der Waals surface area contributed by atoms with Crippen molar-refractivity contribution in [2.45, 2.75) is 27.3 Å². The molecule has 0 aromatic heterocycles. The number of likely N-dealkylation sites (N-methyl/N-ethyl adjacent to an activating group) is 1. The fourth-order valence-corrected chi connectivity index (χ4v) is 3.18. The first-order valence-corrected chi connectivity index (χ1v) is 9.38. The molecule has 6 heteroatoms. The third-order valence-corrected chi connectivity index (χ3v) is 4.50. The van der Waals surface area contributed by atoms with E-state index in [1.165, 1.54) is 0 Å². The van der Waals surface area contributed by atoms with Gasteiger partial charge in [-0.2, -0.15) is 0 Å². The predicted octanol–water partition coefficient (Wildman–Crippen LogP) is 3.28. The van der Waals surface area contributed by atoms with Crippen LogP contribution in [0, 0.1) is 13.8 Å². The second-order valence-corrected chi connectivity index (χ2v) is 6.84. The molecule has 0 aliphatic carbocycles. The minimum absolute atomic E-state index is 0.241. The average Bonchev–Trinajstić information content (AvgIpc) is 2.69. The quantitative estimate of drug-likeness (QED) is 0.717. The number of amides is 1. The largest absolute Gasteiger partial charge is 0.486 e. The Morgan fingerprint density at radius 1 is 1.00 bits per heavy atom. The van der Waals surface area contributed by atoms with Gasteiger partial charge in [-0.1, -0.05) is 23.3 Å². The van der Waals surface area contributed by atoms with E-state index in [0.29, 0.717) is 43.4 Å². The fraction of sp³-hybridized carbons (Fsp3) is 0.364. The van der Waals surface area contributed by atoms with Crippen LogP contribution in [-0.2, 0) is 16.1 Å². The van der Waals surface area contributed by atoms with Crippen molar-refractivity contribution in [1.82, 2.24) is 4.90 Å². The zero-order valence-electron chi connectivity index (χ0n) is 16.5. The van der Waals surface area contributed by atoms with E-state index >= 15 is 0 Å². The van der Waals surface area contributed by atoms with Gasteiger partial charge in [-0.15, -0.1) is 0 Å². The van der Waals surface area contributed by atoms with Gasteiger partial charge >= 0.3 is 5.97 Å². The maximum atomic E-state index is 12.5. The van der Waals surface area contributed by atoms with Crippen LogP contribution in [0.15, 0.2) is 36.4 Å². The van der Waals surface area contributed by atoms with E-state index in [1.807, 2.05) is 45.0 Å². The number of nitrogens with zero attached hydrogens (tertiary/aromatic N) is 1. The summed E-state index contributed by atoms with van der Waals surface area (Å²) in [4.78, 5) is 26.4. The van der Waals surface area contributed by atoms with Gasteiger partial charge in [0.15, 0.2) is 18.1 Å². The van der Waals surface area contributed by atoms with Crippen LogP contribution in [0.25, 0.3) is 0 Å². The minimum Gasteiger partial charge on any atom is -0.486 e. The molecule has 0 bridgehead atoms. The Hall–Kier alpha value is -3.02. The van der Waals surface area contributed by atoms with Gasteiger partial charge in [0.1, 0.15) is 13.2 Å². The Morgan fingerprint density at radius 2 is 1.68 bits per heavy atom. The number of aryl methyl sites for hydroxylation is 2. The lowest BCUT2D eigenvalue weighted by Gasteiger charge is -2.23. The summed E-state index contributed by atoms with van der Waals surface area (Å²) in [7, 11) is 0. The normalized spacial score (nSPS) is 12.4. The second-order valence-electron chi connectivity index (χ2n) is 6.84.